The number of ether oxygens (including phenoxy) is 1. The molecular formula is C51H79NO. The summed E-state index contributed by atoms with van der Waals surface area (Å²) >= 11 is 0. The number of rotatable bonds is 2. The Labute approximate surface area is 325 Å². The second kappa shape index (κ2) is 13.3. The SMILES string of the molecule is CC1(C)C2C[C@H]3C(CC2C2CCC4C5CCCCC5OC4C21)C1CCCCC1N3C1CCC=C(C2CCC3C4CCCCC4C4CCCCC4C3C2)C1. The number of hydrogen-bond donors (Lipinski definition) is 0. The molecule has 9 saturated carbocycles. The Morgan fingerprint density at radius 3 is 1.91 bits per heavy atom. The van der Waals surface area contributed by atoms with Gasteiger partial charge < -0.3 is 4.74 Å². The number of hydrogen-bond acceptors (Lipinski definition) is 2. The lowest BCUT2D eigenvalue weighted by Gasteiger charge is -2.58. The van der Waals surface area contributed by atoms with Crippen molar-refractivity contribution in [1.29, 1.82) is 0 Å². The van der Waals surface area contributed by atoms with Crippen molar-refractivity contribution in [3.8, 4) is 0 Å². The molecular weight excluding hydrogens is 643 g/mol. The number of likely N-dealkylation sites (tertiary alicyclic amines) is 1. The molecule has 0 amide bonds. The highest BCUT2D eigenvalue weighted by Gasteiger charge is 2.67. The molecule has 2 nitrogen and oxygen atoms in total. The van der Waals surface area contributed by atoms with Gasteiger partial charge in [-0.25, -0.2) is 0 Å². The van der Waals surface area contributed by atoms with Crippen molar-refractivity contribution in [2.75, 3.05) is 0 Å². The third kappa shape index (κ3) is 5.26. The van der Waals surface area contributed by atoms with E-state index in [-0.39, 0.29) is 0 Å². The van der Waals surface area contributed by atoms with E-state index in [9.17, 15) is 0 Å². The Morgan fingerprint density at radius 2 is 1.13 bits per heavy atom. The molecule has 12 aliphatic rings. The first-order valence-corrected chi connectivity index (χ1v) is 25.2. The summed E-state index contributed by atoms with van der Waals surface area (Å²) in [4.78, 5) is 3.38. The van der Waals surface area contributed by atoms with E-state index in [0.717, 1.165) is 107 Å². The van der Waals surface area contributed by atoms with Gasteiger partial charge in [-0.1, -0.05) is 76.9 Å². The highest BCUT2D eigenvalue weighted by Crippen LogP contribution is 2.70. The lowest BCUT2D eigenvalue weighted by atomic mass is 9.47. The van der Waals surface area contributed by atoms with Crippen LogP contribution in [0.4, 0.5) is 0 Å². The van der Waals surface area contributed by atoms with Crippen LogP contribution in [0.25, 0.3) is 0 Å². The summed E-state index contributed by atoms with van der Waals surface area (Å²) in [5.41, 5.74) is 2.43. The topological polar surface area (TPSA) is 12.5 Å². The normalized spacial score (nSPS) is 56.9. The zero-order chi connectivity index (χ0) is 35.0. The second-order valence-corrected chi connectivity index (χ2v) is 23.6. The van der Waals surface area contributed by atoms with Gasteiger partial charge in [-0.15, -0.1) is 0 Å². The maximum Gasteiger partial charge on any atom is 0.0646 e. The molecule has 11 fully saturated rings. The highest BCUT2D eigenvalue weighted by molar-refractivity contribution is 5.20. The predicted octanol–water partition coefficient (Wildman–Crippen LogP) is 12.6. The van der Waals surface area contributed by atoms with Gasteiger partial charge in [0.15, 0.2) is 0 Å². The van der Waals surface area contributed by atoms with Gasteiger partial charge in [0.2, 0.25) is 0 Å². The maximum atomic E-state index is 7.26. The molecule has 0 N–H and O–H groups in total. The molecule has 294 valence electrons. The molecule has 2 heterocycles. The lowest BCUT2D eigenvalue weighted by Crippen LogP contribution is -2.51. The summed E-state index contributed by atoms with van der Waals surface area (Å²) in [6, 6.07) is 2.65. The van der Waals surface area contributed by atoms with Crippen LogP contribution in [0.5, 0.6) is 0 Å². The summed E-state index contributed by atoms with van der Waals surface area (Å²) in [5.74, 6) is 15.1. The number of nitrogens with zero attached hydrogens (tertiary/aromatic N) is 1. The third-order valence-electron chi connectivity index (χ3n) is 21.9. The van der Waals surface area contributed by atoms with Crippen molar-refractivity contribution < 1.29 is 4.74 Å². The van der Waals surface area contributed by atoms with Crippen LogP contribution < -0.4 is 0 Å². The molecule has 0 bridgehead atoms. The van der Waals surface area contributed by atoms with Gasteiger partial charge in [0.1, 0.15) is 0 Å². The molecule has 0 aromatic rings. The molecule has 10 aliphatic carbocycles. The van der Waals surface area contributed by atoms with Crippen molar-refractivity contribution in [3.63, 3.8) is 0 Å². The molecule has 0 aromatic heterocycles. The van der Waals surface area contributed by atoms with Crippen molar-refractivity contribution >= 4 is 0 Å². The fraction of sp³-hybridized carbons (Fsp3) is 0.961. The van der Waals surface area contributed by atoms with E-state index in [1.807, 2.05) is 5.57 Å². The molecule has 0 spiro atoms. The minimum absolute atomic E-state index is 0.446. The van der Waals surface area contributed by atoms with Gasteiger partial charge in [-0.05, 0) is 210 Å². The van der Waals surface area contributed by atoms with Crippen LogP contribution in [0.15, 0.2) is 11.6 Å². The summed E-state index contributed by atoms with van der Waals surface area (Å²) in [5, 5.41) is 0. The van der Waals surface area contributed by atoms with Crippen molar-refractivity contribution in [2.24, 2.45) is 94.2 Å². The minimum Gasteiger partial charge on any atom is -0.374 e. The molecule has 2 aliphatic heterocycles. The van der Waals surface area contributed by atoms with Crippen LogP contribution in [0.3, 0.4) is 0 Å². The van der Waals surface area contributed by atoms with Gasteiger partial charge >= 0.3 is 0 Å². The van der Waals surface area contributed by atoms with Crippen LogP contribution >= 0.6 is 0 Å². The van der Waals surface area contributed by atoms with Gasteiger partial charge in [-0.2, -0.15) is 0 Å². The quantitative estimate of drug-likeness (QED) is 0.263. The van der Waals surface area contributed by atoms with Crippen molar-refractivity contribution in [3.05, 3.63) is 11.6 Å². The van der Waals surface area contributed by atoms with Crippen LogP contribution in [-0.2, 0) is 4.74 Å². The van der Waals surface area contributed by atoms with E-state index in [4.69, 9.17) is 4.74 Å². The molecule has 0 aromatic carbocycles. The average Bonchev–Trinajstić information content (AvgIpc) is 3.82. The highest BCUT2D eigenvalue weighted by atomic mass is 16.5. The van der Waals surface area contributed by atoms with E-state index in [2.05, 4.69) is 24.8 Å². The molecule has 2 saturated heterocycles. The zero-order valence-corrected chi connectivity index (χ0v) is 34.4. The van der Waals surface area contributed by atoms with Crippen LogP contribution in [0.2, 0.25) is 0 Å². The minimum atomic E-state index is 0.446. The summed E-state index contributed by atoms with van der Waals surface area (Å²) in [7, 11) is 0. The Bertz CT molecular complexity index is 1380. The molecule has 2 heteroatoms. The lowest BCUT2D eigenvalue weighted by molar-refractivity contribution is -0.0852. The van der Waals surface area contributed by atoms with E-state index in [0.29, 0.717) is 17.6 Å². The van der Waals surface area contributed by atoms with Gasteiger partial charge in [0.25, 0.3) is 0 Å². The smallest absolute Gasteiger partial charge is 0.0646 e. The van der Waals surface area contributed by atoms with Gasteiger partial charge in [0, 0.05) is 18.1 Å². The van der Waals surface area contributed by atoms with Crippen molar-refractivity contribution in [2.45, 2.75) is 211 Å². The zero-order valence-electron chi connectivity index (χ0n) is 34.4. The van der Waals surface area contributed by atoms with E-state index < -0.39 is 0 Å². The molecule has 19 unspecified atom stereocenters. The molecule has 12 rings (SSSR count). The standard InChI is InChI=1S/C51H79NO/c1-51(2)45-29-47-44(28-43(45)40-24-25-41-39-19-8-10-21-48(39)53-50(41)49(40)51)38-18-7-9-20-46(38)52(47)32-13-11-12-30(26-32)31-22-23-37-35-16-4-3-14-33(35)34-15-5-6-17-36(34)42(37)27-31/h12,31-50H,3-11,13-29H2,1-2H3/t31?,32?,33?,34?,35?,36?,37?,38?,39?,40?,41?,42?,43?,44?,45?,46?,47-,48?,49?,50?/m0/s1. The Hall–Kier alpha value is -0.340. The maximum absolute atomic E-state index is 7.26. The largest absolute Gasteiger partial charge is 0.374 e. The molecule has 20 atom stereocenters. The number of allylic oxidation sites excluding steroid dienone is 1. The summed E-state index contributed by atoms with van der Waals surface area (Å²) < 4.78 is 7.26. The van der Waals surface area contributed by atoms with Gasteiger partial charge in [0.05, 0.1) is 12.2 Å². The second-order valence-electron chi connectivity index (χ2n) is 23.6. The monoisotopic (exact) mass is 722 g/mol. The average molecular weight is 722 g/mol. The predicted molar refractivity (Wildman–Crippen MR) is 216 cm³/mol. The first-order valence-electron chi connectivity index (χ1n) is 25.2. The van der Waals surface area contributed by atoms with Crippen LogP contribution in [0.1, 0.15) is 181 Å². The first kappa shape index (κ1) is 34.7. The first-order chi connectivity index (χ1) is 26.0. The fourth-order valence-corrected chi connectivity index (χ4v) is 20.3. The molecule has 53 heavy (non-hydrogen) atoms. The number of fused-ring (bicyclic) bond motifs is 16. The Kier molecular flexibility index (Phi) is 8.73. The molecule has 0 radical (unpaired) electrons. The van der Waals surface area contributed by atoms with Crippen molar-refractivity contribution in [1.82, 2.24) is 4.90 Å². The third-order valence-corrected chi connectivity index (χ3v) is 21.9. The van der Waals surface area contributed by atoms with Crippen LogP contribution in [0, 0.1) is 94.2 Å². The Morgan fingerprint density at radius 1 is 0.509 bits per heavy atom. The summed E-state index contributed by atoms with van der Waals surface area (Å²) in [6.07, 6.45) is 43.7. The van der Waals surface area contributed by atoms with Gasteiger partial charge in [-0.3, -0.25) is 4.90 Å². The Balaban J connectivity index is 0.793. The summed E-state index contributed by atoms with van der Waals surface area (Å²) in [6.45, 7) is 5.57. The van der Waals surface area contributed by atoms with E-state index in [1.165, 1.54) is 70.6 Å². The van der Waals surface area contributed by atoms with E-state index >= 15 is 0 Å². The fourth-order valence-electron chi connectivity index (χ4n) is 20.3. The van der Waals surface area contributed by atoms with Crippen LogP contribution in [-0.4, -0.2) is 35.2 Å². The van der Waals surface area contributed by atoms with E-state index in [1.54, 1.807) is 96.3 Å².